The fourth-order valence-corrected chi connectivity index (χ4v) is 4.41. The molecule has 2 nitrogen and oxygen atoms in total. The molecule has 0 amide bonds. The van der Waals surface area contributed by atoms with E-state index >= 15 is 0 Å². The lowest BCUT2D eigenvalue weighted by Gasteiger charge is -2.41. The number of aryl methyl sites for hydroxylation is 1. The molecule has 0 bridgehead atoms. The molecule has 26 heavy (non-hydrogen) atoms. The fourth-order valence-electron chi connectivity index (χ4n) is 3.43. The monoisotopic (exact) mass is 379 g/mol. The van der Waals surface area contributed by atoms with Crippen LogP contribution in [0.25, 0.3) is 0 Å². The third kappa shape index (κ3) is 5.92. The van der Waals surface area contributed by atoms with Crippen LogP contribution in [0.2, 0.25) is 0 Å². The standard InChI is InChI=1S/C21H35NOS.C2H6/c1-16-13-17(19(2,3)4)15-18(14-16)21(11-9-8-10-12-21)22-24(23)20(5,6)7;1-2/h13-15,22H,8-12H2,1-7H3;1-2H3. The summed E-state index contributed by atoms with van der Waals surface area (Å²) in [5, 5.41) is 0. The summed E-state index contributed by atoms with van der Waals surface area (Å²) >= 11 is 0. The molecule has 150 valence electrons. The highest BCUT2D eigenvalue weighted by atomic mass is 32.2. The zero-order chi connectivity index (χ0) is 20.2. The highest BCUT2D eigenvalue weighted by molar-refractivity contribution is 7.84. The largest absolute Gasteiger partial charge is 0.242 e. The molecule has 1 aromatic rings. The van der Waals surface area contributed by atoms with E-state index in [1.54, 1.807) is 0 Å². The number of rotatable bonds is 3. The maximum Gasteiger partial charge on any atom is 0.0978 e. The van der Waals surface area contributed by atoms with E-state index in [9.17, 15) is 4.21 Å². The highest BCUT2D eigenvalue weighted by Crippen LogP contribution is 2.40. The van der Waals surface area contributed by atoms with Crippen LogP contribution < -0.4 is 4.72 Å². The lowest BCUT2D eigenvalue weighted by atomic mass is 9.75. The molecule has 1 aliphatic carbocycles. The summed E-state index contributed by atoms with van der Waals surface area (Å²) in [7, 11) is -1.06. The van der Waals surface area contributed by atoms with Crippen molar-refractivity contribution in [3.63, 3.8) is 0 Å². The molecular formula is C23H41NOS. The molecule has 1 aliphatic rings. The van der Waals surface area contributed by atoms with Crippen molar-refractivity contribution in [1.82, 2.24) is 4.72 Å². The Bertz CT molecular complexity index is 602. The SMILES string of the molecule is CC.Cc1cc(C(C)(C)C)cc(C2(NS(=O)C(C)(C)C)CCCCC2)c1. The van der Waals surface area contributed by atoms with Crippen LogP contribution in [-0.4, -0.2) is 8.96 Å². The minimum Gasteiger partial charge on any atom is -0.242 e. The predicted molar refractivity (Wildman–Crippen MR) is 117 cm³/mol. The van der Waals surface area contributed by atoms with Gasteiger partial charge in [-0.05, 0) is 57.1 Å². The van der Waals surface area contributed by atoms with Crippen LogP contribution in [0.5, 0.6) is 0 Å². The zero-order valence-electron chi connectivity index (χ0n) is 18.6. The first-order valence-electron chi connectivity index (χ1n) is 10.3. The molecule has 1 atom stereocenters. The smallest absolute Gasteiger partial charge is 0.0978 e. The Morgan fingerprint density at radius 3 is 1.92 bits per heavy atom. The van der Waals surface area contributed by atoms with Crippen molar-refractivity contribution in [3.8, 4) is 0 Å². The van der Waals surface area contributed by atoms with Gasteiger partial charge in [0.05, 0.1) is 21.3 Å². The first-order chi connectivity index (χ1) is 11.9. The lowest BCUT2D eigenvalue weighted by molar-refractivity contribution is 0.275. The minimum absolute atomic E-state index is 0.125. The molecule has 1 saturated carbocycles. The Kier molecular flexibility index (Phi) is 8.10. The molecule has 3 heteroatoms. The molecule has 0 spiro atoms. The first-order valence-corrected chi connectivity index (χ1v) is 11.4. The van der Waals surface area contributed by atoms with Gasteiger partial charge in [0.2, 0.25) is 0 Å². The normalized spacial score (nSPS) is 18.7. The Labute approximate surface area is 165 Å². The van der Waals surface area contributed by atoms with E-state index in [4.69, 9.17) is 0 Å². The Morgan fingerprint density at radius 2 is 1.46 bits per heavy atom. The van der Waals surface area contributed by atoms with Gasteiger partial charge in [0.25, 0.3) is 0 Å². The van der Waals surface area contributed by atoms with Gasteiger partial charge in [-0.15, -0.1) is 0 Å². The maximum absolute atomic E-state index is 12.9. The molecule has 1 aromatic carbocycles. The van der Waals surface area contributed by atoms with Crippen molar-refractivity contribution in [2.24, 2.45) is 0 Å². The van der Waals surface area contributed by atoms with Crippen molar-refractivity contribution in [1.29, 1.82) is 0 Å². The molecule has 0 heterocycles. The van der Waals surface area contributed by atoms with Crippen molar-refractivity contribution < 1.29 is 4.21 Å². The van der Waals surface area contributed by atoms with E-state index in [-0.39, 0.29) is 15.7 Å². The van der Waals surface area contributed by atoms with Gasteiger partial charge in [0.1, 0.15) is 0 Å². The fraction of sp³-hybridized carbons (Fsp3) is 0.739. The van der Waals surface area contributed by atoms with Crippen LogP contribution in [0.15, 0.2) is 18.2 Å². The summed E-state index contributed by atoms with van der Waals surface area (Å²) in [5.74, 6) is 0. The first kappa shape index (κ1) is 23.4. The Hall–Kier alpha value is -0.670. The van der Waals surface area contributed by atoms with Gasteiger partial charge in [0.15, 0.2) is 0 Å². The van der Waals surface area contributed by atoms with E-state index in [2.05, 4.69) is 50.6 Å². The van der Waals surface area contributed by atoms with E-state index in [0.29, 0.717) is 0 Å². The Morgan fingerprint density at radius 1 is 0.923 bits per heavy atom. The minimum atomic E-state index is -1.06. The summed E-state index contributed by atoms with van der Waals surface area (Å²) in [6, 6.07) is 6.94. The molecule has 0 saturated heterocycles. The molecule has 0 radical (unpaired) electrons. The van der Waals surface area contributed by atoms with Crippen LogP contribution in [0, 0.1) is 6.92 Å². The summed E-state index contributed by atoms with van der Waals surface area (Å²) in [4.78, 5) is 0. The van der Waals surface area contributed by atoms with Gasteiger partial charge in [0, 0.05) is 0 Å². The van der Waals surface area contributed by atoms with Crippen molar-refractivity contribution in [2.45, 2.75) is 110 Å². The second kappa shape index (κ2) is 9.01. The summed E-state index contributed by atoms with van der Waals surface area (Å²) in [6.07, 6.45) is 5.83. The molecule has 0 aromatic heterocycles. The van der Waals surface area contributed by atoms with Crippen LogP contribution in [0.4, 0.5) is 0 Å². The van der Waals surface area contributed by atoms with Gasteiger partial charge < -0.3 is 0 Å². The predicted octanol–water partition coefficient (Wildman–Crippen LogP) is 6.53. The average Bonchev–Trinajstić information content (AvgIpc) is 2.55. The summed E-state index contributed by atoms with van der Waals surface area (Å²) < 4.78 is 16.2. The third-order valence-corrected chi connectivity index (χ3v) is 6.74. The summed E-state index contributed by atoms with van der Waals surface area (Å²) in [6.45, 7) is 19.1. The molecule has 0 aliphatic heterocycles. The van der Waals surface area contributed by atoms with E-state index in [1.165, 1.54) is 36.0 Å². The maximum atomic E-state index is 12.9. The lowest BCUT2D eigenvalue weighted by Crippen LogP contribution is -2.49. The van der Waals surface area contributed by atoms with E-state index in [1.807, 2.05) is 34.6 Å². The van der Waals surface area contributed by atoms with Gasteiger partial charge in [-0.2, -0.15) is 0 Å². The number of hydrogen-bond donors (Lipinski definition) is 1. The summed E-state index contributed by atoms with van der Waals surface area (Å²) in [5.41, 5.74) is 3.96. The zero-order valence-corrected chi connectivity index (χ0v) is 19.4. The topological polar surface area (TPSA) is 29.1 Å². The quantitative estimate of drug-likeness (QED) is 0.635. The highest BCUT2D eigenvalue weighted by Gasteiger charge is 2.38. The average molecular weight is 380 g/mol. The van der Waals surface area contributed by atoms with Crippen molar-refractivity contribution in [3.05, 3.63) is 34.9 Å². The molecule has 1 unspecified atom stereocenters. The third-order valence-electron chi connectivity index (χ3n) is 5.05. The van der Waals surface area contributed by atoms with Crippen LogP contribution >= 0.6 is 0 Å². The van der Waals surface area contributed by atoms with Crippen LogP contribution in [-0.2, 0) is 21.9 Å². The van der Waals surface area contributed by atoms with Crippen LogP contribution in [0.3, 0.4) is 0 Å². The molecular weight excluding hydrogens is 338 g/mol. The molecule has 1 N–H and O–H groups in total. The second-order valence-corrected chi connectivity index (χ2v) is 11.4. The van der Waals surface area contributed by atoms with Crippen LogP contribution in [0.1, 0.15) is 104 Å². The van der Waals surface area contributed by atoms with E-state index < -0.39 is 11.0 Å². The van der Waals surface area contributed by atoms with Crippen molar-refractivity contribution >= 4 is 11.0 Å². The van der Waals surface area contributed by atoms with Gasteiger partial charge >= 0.3 is 0 Å². The van der Waals surface area contributed by atoms with Crippen molar-refractivity contribution in [2.75, 3.05) is 0 Å². The van der Waals surface area contributed by atoms with Gasteiger partial charge in [-0.3, -0.25) is 0 Å². The van der Waals surface area contributed by atoms with Gasteiger partial charge in [-0.25, -0.2) is 8.93 Å². The number of benzene rings is 1. The van der Waals surface area contributed by atoms with E-state index in [0.717, 1.165) is 12.8 Å². The Balaban J connectivity index is 0.00000163. The second-order valence-electron chi connectivity index (χ2n) is 9.46. The number of nitrogens with one attached hydrogen (secondary N) is 1. The van der Waals surface area contributed by atoms with Gasteiger partial charge in [-0.1, -0.05) is 77.6 Å². The number of hydrogen-bond acceptors (Lipinski definition) is 1. The molecule has 2 rings (SSSR count). The molecule has 1 fully saturated rings.